The highest BCUT2D eigenvalue weighted by molar-refractivity contribution is 7.89. The molecule has 1 aromatic carbocycles. The summed E-state index contributed by atoms with van der Waals surface area (Å²) in [5.74, 6) is -1.19. The maximum Gasteiger partial charge on any atom is 0.324 e. The van der Waals surface area contributed by atoms with Crippen molar-refractivity contribution in [3.8, 4) is 0 Å². The molecule has 0 aliphatic carbocycles. The van der Waals surface area contributed by atoms with E-state index >= 15 is 0 Å². The van der Waals surface area contributed by atoms with E-state index in [4.69, 9.17) is 4.74 Å². The SMILES string of the molecule is CC1(NS(=O)(=O)c2cccc(F)c2[N+](=O)[O-])CCOC1. The predicted octanol–water partition coefficient (Wildman–Crippen LogP) is 1.19. The van der Waals surface area contributed by atoms with Crippen LogP contribution in [-0.4, -0.2) is 32.1 Å². The minimum atomic E-state index is -4.21. The number of nitrogens with one attached hydrogen (secondary N) is 1. The molecule has 1 fully saturated rings. The number of nitro benzene ring substituents is 1. The molecule has 1 aliphatic heterocycles. The van der Waals surface area contributed by atoms with Gasteiger partial charge in [0.05, 0.1) is 17.1 Å². The molecule has 110 valence electrons. The number of hydrogen-bond acceptors (Lipinski definition) is 5. The minimum absolute atomic E-state index is 0.162. The zero-order valence-electron chi connectivity index (χ0n) is 10.6. The average molecular weight is 304 g/mol. The van der Waals surface area contributed by atoms with Crippen molar-refractivity contribution < 1.29 is 22.5 Å². The Hall–Kier alpha value is -1.58. The van der Waals surface area contributed by atoms with Crippen molar-refractivity contribution in [3.63, 3.8) is 0 Å². The molecule has 0 amide bonds. The molecule has 2 rings (SSSR count). The molecule has 0 radical (unpaired) electrons. The van der Waals surface area contributed by atoms with Crippen LogP contribution >= 0.6 is 0 Å². The minimum Gasteiger partial charge on any atom is -0.379 e. The molecule has 1 N–H and O–H groups in total. The van der Waals surface area contributed by atoms with Crippen LogP contribution in [0.15, 0.2) is 23.1 Å². The molecule has 0 bridgehead atoms. The summed E-state index contributed by atoms with van der Waals surface area (Å²) in [5, 5.41) is 10.9. The molecule has 0 aromatic heterocycles. The molecule has 9 heteroatoms. The lowest BCUT2D eigenvalue weighted by Gasteiger charge is -2.23. The number of hydrogen-bond donors (Lipinski definition) is 1. The van der Waals surface area contributed by atoms with Crippen LogP contribution in [-0.2, 0) is 14.8 Å². The van der Waals surface area contributed by atoms with Gasteiger partial charge < -0.3 is 4.74 Å². The third-order valence-corrected chi connectivity index (χ3v) is 4.69. The zero-order chi connectivity index (χ0) is 15.0. The van der Waals surface area contributed by atoms with Gasteiger partial charge in [0.2, 0.25) is 15.8 Å². The number of para-hydroxylation sites is 1. The Morgan fingerprint density at radius 1 is 1.50 bits per heavy atom. The fourth-order valence-corrected chi connectivity index (χ4v) is 3.62. The summed E-state index contributed by atoms with van der Waals surface area (Å²) in [6.45, 7) is 2.18. The summed E-state index contributed by atoms with van der Waals surface area (Å²) >= 11 is 0. The number of sulfonamides is 1. The second-order valence-corrected chi connectivity index (χ2v) is 6.46. The molecule has 1 aliphatic rings. The van der Waals surface area contributed by atoms with E-state index in [1.165, 1.54) is 0 Å². The number of nitro groups is 1. The van der Waals surface area contributed by atoms with Gasteiger partial charge in [-0.3, -0.25) is 10.1 Å². The van der Waals surface area contributed by atoms with E-state index in [-0.39, 0.29) is 6.61 Å². The van der Waals surface area contributed by atoms with Crippen molar-refractivity contribution in [2.75, 3.05) is 13.2 Å². The summed E-state index contributed by atoms with van der Waals surface area (Å²) in [7, 11) is -4.21. The first-order valence-electron chi connectivity index (χ1n) is 5.80. The van der Waals surface area contributed by atoms with Crippen LogP contribution < -0.4 is 4.72 Å². The van der Waals surface area contributed by atoms with Crippen LogP contribution in [0.3, 0.4) is 0 Å². The third-order valence-electron chi connectivity index (χ3n) is 3.02. The highest BCUT2D eigenvalue weighted by Crippen LogP contribution is 2.28. The first kappa shape index (κ1) is 14.8. The largest absolute Gasteiger partial charge is 0.379 e. The highest BCUT2D eigenvalue weighted by atomic mass is 32.2. The van der Waals surface area contributed by atoms with E-state index in [1.807, 2.05) is 0 Å². The summed E-state index contributed by atoms with van der Waals surface area (Å²) in [6.07, 6.45) is 0.440. The number of halogens is 1. The highest BCUT2D eigenvalue weighted by Gasteiger charge is 2.38. The summed E-state index contributed by atoms with van der Waals surface area (Å²) in [4.78, 5) is 9.13. The Morgan fingerprint density at radius 2 is 2.20 bits per heavy atom. The van der Waals surface area contributed by atoms with Crippen molar-refractivity contribution in [2.45, 2.75) is 23.8 Å². The number of nitrogens with zero attached hydrogens (tertiary/aromatic N) is 1. The van der Waals surface area contributed by atoms with Gasteiger partial charge in [0, 0.05) is 6.61 Å². The Bertz CT molecular complexity index is 640. The van der Waals surface area contributed by atoms with Gasteiger partial charge in [-0.05, 0) is 25.5 Å². The normalized spacial score (nSPS) is 22.9. The fourth-order valence-electron chi connectivity index (χ4n) is 2.02. The third kappa shape index (κ3) is 2.79. The Morgan fingerprint density at radius 3 is 2.75 bits per heavy atom. The maximum atomic E-state index is 13.5. The monoisotopic (exact) mass is 304 g/mol. The van der Waals surface area contributed by atoms with Crippen LogP contribution in [0.1, 0.15) is 13.3 Å². The van der Waals surface area contributed by atoms with Crippen molar-refractivity contribution in [3.05, 3.63) is 34.1 Å². The quantitative estimate of drug-likeness (QED) is 0.665. The lowest BCUT2D eigenvalue weighted by Crippen LogP contribution is -2.46. The second-order valence-electron chi connectivity index (χ2n) is 4.81. The molecule has 0 spiro atoms. The van der Waals surface area contributed by atoms with Gasteiger partial charge >= 0.3 is 5.69 Å². The topological polar surface area (TPSA) is 98.5 Å². The van der Waals surface area contributed by atoms with E-state index in [0.717, 1.165) is 18.2 Å². The molecule has 20 heavy (non-hydrogen) atoms. The van der Waals surface area contributed by atoms with Crippen LogP contribution in [0.5, 0.6) is 0 Å². The van der Waals surface area contributed by atoms with Gasteiger partial charge in [-0.25, -0.2) is 13.1 Å². The molecular formula is C11H13FN2O5S. The Balaban J connectivity index is 2.45. The predicted molar refractivity (Wildman–Crippen MR) is 67.2 cm³/mol. The van der Waals surface area contributed by atoms with Gasteiger partial charge in [0.15, 0.2) is 4.90 Å². The molecule has 1 unspecified atom stereocenters. The Labute approximate surface area is 114 Å². The second kappa shape index (κ2) is 5.08. The van der Waals surface area contributed by atoms with Crippen molar-refractivity contribution in [1.29, 1.82) is 0 Å². The molecular weight excluding hydrogens is 291 g/mol. The van der Waals surface area contributed by atoms with Crippen molar-refractivity contribution >= 4 is 15.7 Å². The van der Waals surface area contributed by atoms with Crippen LogP contribution in [0.4, 0.5) is 10.1 Å². The zero-order valence-corrected chi connectivity index (χ0v) is 11.4. The van der Waals surface area contributed by atoms with Crippen molar-refractivity contribution in [1.82, 2.24) is 4.72 Å². The molecule has 1 saturated heterocycles. The molecule has 1 aromatic rings. The standard InChI is InChI=1S/C11H13FN2O5S/c1-11(5-6-19-7-11)13-20(17,18)9-4-2-3-8(12)10(9)14(15)16/h2-4,13H,5-7H2,1H3. The molecule has 1 heterocycles. The smallest absolute Gasteiger partial charge is 0.324 e. The molecule has 7 nitrogen and oxygen atoms in total. The van der Waals surface area contributed by atoms with Crippen LogP contribution in [0, 0.1) is 15.9 Å². The van der Waals surface area contributed by atoms with Crippen LogP contribution in [0.25, 0.3) is 0 Å². The molecule has 1 atom stereocenters. The lowest BCUT2D eigenvalue weighted by molar-refractivity contribution is -0.390. The summed E-state index contributed by atoms with van der Waals surface area (Å²) in [5.41, 5.74) is -1.90. The Kier molecular flexibility index (Phi) is 3.76. The number of ether oxygens (including phenoxy) is 1. The molecule has 0 saturated carbocycles. The first-order chi connectivity index (χ1) is 9.25. The summed E-state index contributed by atoms with van der Waals surface area (Å²) < 4.78 is 45.4. The van der Waals surface area contributed by atoms with Gasteiger partial charge in [-0.2, -0.15) is 4.39 Å². The maximum absolute atomic E-state index is 13.5. The van der Waals surface area contributed by atoms with Gasteiger partial charge in [-0.15, -0.1) is 0 Å². The van der Waals surface area contributed by atoms with E-state index < -0.39 is 36.9 Å². The van der Waals surface area contributed by atoms with E-state index in [0.29, 0.717) is 13.0 Å². The van der Waals surface area contributed by atoms with Gasteiger partial charge in [0.25, 0.3) is 0 Å². The van der Waals surface area contributed by atoms with E-state index in [2.05, 4.69) is 4.72 Å². The van der Waals surface area contributed by atoms with Gasteiger partial charge in [-0.1, -0.05) is 6.07 Å². The van der Waals surface area contributed by atoms with Crippen LogP contribution in [0.2, 0.25) is 0 Å². The van der Waals surface area contributed by atoms with E-state index in [1.54, 1.807) is 6.92 Å². The summed E-state index contributed by atoms with van der Waals surface area (Å²) in [6, 6.07) is 2.96. The number of rotatable bonds is 4. The average Bonchev–Trinajstić information content (AvgIpc) is 2.73. The fraction of sp³-hybridized carbons (Fsp3) is 0.455. The van der Waals surface area contributed by atoms with Crippen molar-refractivity contribution in [2.24, 2.45) is 0 Å². The van der Waals surface area contributed by atoms with E-state index in [9.17, 15) is 22.9 Å². The first-order valence-corrected chi connectivity index (χ1v) is 7.28. The lowest BCUT2D eigenvalue weighted by atomic mass is 10.0. The number of benzene rings is 1. The van der Waals surface area contributed by atoms with Gasteiger partial charge in [0.1, 0.15) is 0 Å².